The van der Waals surface area contributed by atoms with Gasteiger partial charge in [0, 0.05) is 25.0 Å². The number of halogens is 1. The summed E-state index contributed by atoms with van der Waals surface area (Å²) in [5, 5.41) is 0. The molecule has 2 aromatic heterocycles. The third-order valence-corrected chi connectivity index (χ3v) is 3.70. The Bertz CT molecular complexity index is 519. The van der Waals surface area contributed by atoms with Crippen molar-refractivity contribution in [2.75, 3.05) is 5.88 Å². The van der Waals surface area contributed by atoms with Crippen molar-refractivity contribution in [2.45, 2.75) is 33.7 Å². The number of aryl methyl sites for hydroxylation is 1. The second-order valence-corrected chi connectivity index (χ2v) is 5.52. The summed E-state index contributed by atoms with van der Waals surface area (Å²) in [4.78, 5) is 9.08. The summed E-state index contributed by atoms with van der Waals surface area (Å²) in [6.45, 7) is 7.72. The molecule has 0 bridgehead atoms. The number of imidazole rings is 1. The van der Waals surface area contributed by atoms with E-state index in [9.17, 15) is 0 Å². The Labute approximate surface area is 113 Å². The highest BCUT2D eigenvalue weighted by Gasteiger charge is 2.15. The Kier molecular flexibility index (Phi) is 4.23. The fourth-order valence-electron chi connectivity index (χ4n) is 1.97. The fourth-order valence-corrected chi connectivity index (χ4v) is 2.14. The van der Waals surface area contributed by atoms with Gasteiger partial charge in [-0.25, -0.2) is 9.97 Å². The van der Waals surface area contributed by atoms with Crippen LogP contribution in [-0.4, -0.2) is 20.4 Å². The molecule has 3 nitrogen and oxygen atoms in total. The molecule has 2 heterocycles. The third kappa shape index (κ3) is 2.66. The van der Waals surface area contributed by atoms with Crippen molar-refractivity contribution < 1.29 is 0 Å². The summed E-state index contributed by atoms with van der Waals surface area (Å²) in [5.41, 5.74) is 1.94. The lowest BCUT2D eigenvalue weighted by Crippen LogP contribution is -2.15. The molecule has 0 saturated carbocycles. The van der Waals surface area contributed by atoms with E-state index < -0.39 is 0 Å². The van der Waals surface area contributed by atoms with Gasteiger partial charge in [0.1, 0.15) is 11.3 Å². The Balaban J connectivity index is 2.41. The summed E-state index contributed by atoms with van der Waals surface area (Å²) >= 11 is 5.86. The molecule has 2 rings (SSSR count). The van der Waals surface area contributed by atoms with Crippen molar-refractivity contribution in [3.8, 4) is 0 Å². The largest absolute Gasteiger partial charge is 0.312 e. The lowest BCUT2D eigenvalue weighted by atomic mass is 9.98. The van der Waals surface area contributed by atoms with Crippen LogP contribution in [0, 0.1) is 11.8 Å². The van der Waals surface area contributed by atoms with Gasteiger partial charge in [-0.15, -0.1) is 11.6 Å². The van der Waals surface area contributed by atoms with Crippen LogP contribution in [-0.2, 0) is 13.0 Å². The number of nitrogens with zero attached hydrogens (tertiary/aromatic N) is 3. The second-order valence-electron chi connectivity index (χ2n) is 5.15. The molecule has 0 radical (unpaired) electrons. The predicted octanol–water partition coefficient (Wildman–Crippen LogP) is 3.50. The predicted molar refractivity (Wildman–Crippen MR) is 76.0 cm³/mol. The Morgan fingerprint density at radius 2 is 2.11 bits per heavy atom. The zero-order valence-electron chi connectivity index (χ0n) is 11.2. The van der Waals surface area contributed by atoms with E-state index in [4.69, 9.17) is 11.6 Å². The molecular weight excluding hydrogens is 246 g/mol. The number of aromatic nitrogens is 3. The first kappa shape index (κ1) is 13.3. The average Bonchev–Trinajstić information content (AvgIpc) is 2.68. The minimum atomic E-state index is 0.596. The molecule has 0 fully saturated rings. The molecule has 0 aliphatic carbocycles. The maximum atomic E-state index is 5.86. The van der Waals surface area contributed by atoms with Gasteiger partial charge in [-0.1, -0.05) is 20.8 Å². The van der Waals surface area contributed by atoms with Crippen molar-refractivity contribution in [1.82, 2.24) is 14.5 Å². The molecule has 0 amide bonds. The molecule has 2 aromatic rings. The van der Waals surface area contributed by atoms with E-state index >= 15 is 0 Å². The van der Waals surface area contributed by atoms with Crippen molar-refractivity contribution >= 4 is 22.8 Å². The number of rotatable bonds is 5. The van der Waals surface area contributed by atoms with E-state index in [-0.39, 0.29) is 0 Å². The van der Waals surface area contributed by atoms with E-state index in [1.807, 2.05) is 18.3 Å². The minimum Gasteiger partial charge on any atom is -0.312 e. The van der Waals surface area contributed by atoms with Crippen LogP contribution in [0.1, 0.15) is 26.6 Å². The Morgan fingerprint density at radius 1 is 1.33 bits per heavy atom. The van der Waals surface area contributed by atoms with Crippen LogP contribution in [0.15, 0.2) is 18.3 Å². The van der Waals surface area contributed by atoms with E-state index in [1.54, 1.807) is 0 Å². The number of hydrogen-bond donors (Lipinski definition) is 0. The lowest BCUT2D eigenvalue weighted by Gasteiger charge is -2.17. The maximum absolute atomic E-state index is 5.86. The van der Waals surface area contributed by atoms with Gasteiger partial charge in [0.05, 0.1) is 0 Å². The standard InChI is InChI=1S/C14H20ClN3/c1-10(2)11(3)9-18-13(6-7-15)17-12-5-4-8-16-14(12)18/h4-5,8,10-11H,6-7,9H2,1-3H3. The lowest BCUT2D eigenvalue weighted by molar-refractivity contribution is 0.364. The topological polar surface area (TPSA) is 30.7 Å². The molecule has 0 aliphatic heterocycles. The Hall–Kier alpha value is -1.09. The molecule has 0 aliphatic rings. The molecule has 1 unspecified atom stereocenters. The smallest absolute Gasteiger partial charge is 0.159 e. The van der Waals surface area contributed by atoms with Crippen molar-refractivity contribution in [2.24, 2.45) is 11.8 Å². The summed E-state index contributed by atoms with van der Waals surface area (Å²) in [7, 11) is 0. The van der Waals surface area contributed by atoms with E-state index in [0.717, 1.165) is 30.0 Å². The quantitative estimate of drug-likeness (QED) is 0.775. The van der Waals surface area contributed by atoms with Gasteiger partial charge >= 0.3 is 0 Å². The van der Waals surface area contributed by atoms with Crippen LogP contribution >= 0.6 is 11.6 Å². The number of hydrogen-bond acceptors (Lipinski definition) is 2. The van der Waals surface area contributed by atoms with Crippen molar-refractivity contribution in [3.05, 3.63) is 24.2 Å². The minimum absolute atomic E-state index is 0.596. The van der Waals surface area contributed by atoms with Gasteiger partial charge in [-0.05, 0) is 24.0 Å². The second kappa shape index (κ2) is 5.70. The normalized spacial score (nSPS) is 13.4. The zero-order chi connectivity index (χ0) is 13.1. The van der Waals surface area contributed by atoms with Crippen LogP contribution in [0.4, 0.5) is 0 Å². The highest BCUT2D eigenvalue weighted by Crippen LogP contribution is 2.19. The van der Waals surface area contributed by atoms with Crippen molar-refractivity contribution in [3.63, 3.8) is 0 Å². The monoisotopic (exact) mass is 265 g/mol. The van der Waals surface area contributed by atoms with Crippen LogP contribution in [0.5, 0.6) is 0 Å². The number of pyridine rings is 1. The fraction of sp³-hybridized carbons (Fsp3) is 0.571. The van der Waals surface area contributed by atoms with Crippen LogP contribution in [0.2, 0.25) is 0 Å². The van der Waals surface area contributed by atoms with Gasteiger partial charge in [-0.3, -0.25) is 0 Å². The van der Waals surface area contributed by atoms with Gasteiger partial charge in [-0.2, -0.15) is 0 Å². The van der Waals surface area contributed by atoms with Gasteiger partial charge in [0.2, 0.25) is 0 Å². The zero-order valence-corrected chi connectivity index (χ0v) is 12.0. The molecule has 18 heavy (non-hydrogen) atoms. The van der Waals surface area contributed by atoms with Crippen molar-refractivity contribution in [1.29, 1.82) is 0 Å². The highest BCUT2D eigenvalue weighted by atomic mass is 35.5. The third-order valence-electron chi connectivity index (χ3n) is 3.51. The molecular formula is C14H20ClN3. The van der Waals surface area contributed by atoms with E-state index in [0.29, 0.717) is 17.7 Å². The van der Waals surface area contributed by atoms with Crippen LogP contribution in [0.25, 0.3) is 11.2 Å². The molecule has 0 saturated heterocycles. The maximum Gasteiger partial charge on any atom is 0.159 e. The van der Waals surface area contributed by atoms with Gasteiger partial charge in [0.25, 0.3) is 0 Å². The summed E-state index contributed by atoms with van der Waals surface area (Å²) < 4.78 is 2.22. The summed E-state index contributed by atoms with van der Waals surface area (Å²) in [6.07, 6.45) is 2.62. The molecule has 0 aromatic carbocycles. The SMILES string of the molecule is CC(C)C(C)Cn1c(CCCl)nc2cccnc21. The van der Waals surface area contributed by atoms with Gasteiger partial charge in [0.15, 0.2) is 5.65 Å². The molecule has 1 atom stereocenters. The van der Waals surface area contributed by atoms with Gasteiger partial charge < -0.3 is 4.57 Å². The Morgan fingerprint density at radius 3 is 2.78 bits per heavy atom. The average molecular weight is 266 g/mol. The molecule has 98 valence electrons. The number of fused-ring (bicyclic) bond motifs is 1. The van der Waals surface area contributed by atoms with E-state index in [2.05, 4.69) is 35.3 Å². The molecule has 4 heteroatoms. The first-order valence-electron chi connectivity index (χ1n) is 6.49. The summed E-state index contributed by atoms with van der Waals surface area (Å²) in [6, 6.07) is 3.94. The van der Waals surface area contributed by atoms with Crippen LogP contribution < -0.4 is 0 Å². The first-order chi connectivity index (χ1) is 8.63. The van der Waals surface area contributed by atoms with Crippen LogP contribution in [0.3, 0.4) is 0 Å². The first-order valence-corrected chi connectivity index (χ1v) is 7.03. The summed E-state index contributed by atoms with van der Waals surface area (Å²) in [5.74, 6) is 2.89. The molecule has 0 spiro atoms. The number of alkyl halides is 1. The van der Waals surface area contributed by atoms with E-state index in [1.165, 1.54) is 0 Å². The molecule has 0 N–H and O–H groups in total. The highest BCUT2D eigenvalue weighted by molar-refractivity contribution is 6.17.